The Kier molecular flexibility index (Phi) is 12.2. The number of carbonyl (C=O) groups excluding carboxylic acids is 3. The molecule has 198 valence electrons. The SMILES string of the molecule is CCC(CC)C(=O)N1CCC[C@H]1C(=O)N[C@H](Cc1ccc2ccccc2c1)C(=O)NCCCNC.Cl. The summed E-state index contributed by atoms with van der Waals surface area (Å²) in [6, 6.07) is 13.0. The number of nitrogens with zero attached hydrogens (tertiary/aromatic N) is 1. The Morgan fingerprint density at radius 2 is 1.75 bits per heavy atom. The predicted octanol–water partition coefficient (Wildman–Crippen LogP) is 3.44. The molecule has 1 saturated heterocycles. The maximum absolute atomic E-state index is 13.4. The van der Waals surface area contributed by atoms with Gasteiger partial charge in [0.2, 0.25) is 17.7 Å². The zero-order valence-corrected chi connectivity index (χ0v) is 22.5. The highest BCUT2D eigenvalue weighted by atomic mass is 35.5. The molecule has 0 saturated carbocycles. The largest absolute Gasteiger partial charge is 0.354 e. The van der Waals surface area contributed by atoms with Gasteiger partial charge in [0.1, 0.15) is 12.1 Å². The summed E-state index contributed by atoms with van der Waals surface area (Å²) in [5.74, 6) is -0.445. The molecule has 1 aliphatic heterocycles. The van der Waals surface area contributed by atoms with Crippen molar-refractivity contribution in [3.63, 3.8) is 0 Å². The van der Waals surface area contributed by atoms with Crippen molar-refractivity contribution in [3.8, 4) is 0 Å². The van der Waals surface area contributed by atoms with Gasteiger partial charge in [0, 0.05) is 25.4 Å². The Bertz CT molecular complexity index is 1010. The van der Waals surface area contributed by atoms with Crippen LogP contribution in [0.4, 0.5) is 0 Å². The molecular weight excluding hydrogens is 476 g/mol. The van der Waals surface area contributed by atoms with Crippen LogP contribution in [0.2, 0.25) is 0 Å². The van der Waals surface area contributed by atoms with E-state index in [0.717, 1.165) is 48.6 Å². The number of nitrogens with one attached hydrogen (secondary N) is 3. The minimum absolute atomic E-state index is 0. The summed E-state index contributed by atoms with van der Waals surface area (Å²) in [6.45, 7) is 5.95. The quantitative estimate of drug-likeness (QED) is 0.377. The van der Waals surface area contributed by atoms with Gasteiger partial charge in [-0.05, 0) is 62.0 Å². The average molecular weight is 517 g/mol. The first kappa shape index (κ1) is 29.6. The lowest BCUT2D eigenvalue weighted by molar-refractivity contribution is -0.142. The number of likely N-dealkylation sites (tertiary alicyclic amines) is 1. The van der Waals surface area contributed by atoms with Crippen molar-refractivity contribution in [3.05, 3.63) is 48.0 Å². The van der Waals surface area contributed by atoms with Crippen molar-refractivity contribution in [2.45, 2.75) is 64.5 Å². The fourth-order valence-electron chi connectivity index (χ4n) is 4.85. The minimum atomic E-state index is -0.705. The summed E-state index contributed by atoms with van der Waals surface area (Å²) in [5, 5.41) is 11.3. The van der Waals surface area contributed by atoms with E-state index in [-0.39, 0.29) is 36.0 Å². The predicted molar refractivity (Wildman–Crippen MR) is 147 cm³/mol. The second-order valence-corrected chi connectivity index (χ2v) is 9.40. The van der Waals surface area contributed by atoms with Gasteiger partial charge in [-0.1, -0.05) is 56.3 Å². The number of amides is 3. The van der Waals surface area contributed by atoms with E-state index in [1.807, 2.05) is 51.2 Å². The van der Waals surface area contributed by atoms with Crippen molar-refractivity contribution in [2.24, 2.45) is 5.92 Å². The van der Waals surface area contributed by atoms with Gasteiger partial charge in [0.25, 0.3) is 0 Å². The van der Waals surface area contributed by atoms with Crippen molar-refractivity contribution in [1.82, 2.24) is 20.9 Å². The topological polar surface area (TPSA) is 90.5 Å². The lowest BCUT2D eigenvalue weighted by Gasteiger charge is -2.29. The molecule has 2 atom stereocenters. The van der Waals surface area contributed by atoms with E-state index in [2.05, 4.69) is 28.1 Å². The molecule has 1 heterocycles. The molecule has 3 amide bonds. The van der Waals surface area contributed by atoms with Crippen molar-refractivity contribution in [2.75, 3.05) is 26.7 Å². The Morgan fingerprint density at radius 1 is 1.03 bits per heavy atom. The van der Waals surface area contributed by atoms with Crippen LogP contribution in [0.5, 0.6) is 0 Å². The van der Waals surface area contributed by atoms with E-state index >= 15 is 0 Å². The van der Waals surface area contributed by atoms with E-state index in [1.165, 1.54) is 0 Å². The van der Waals surface area contributed by atoms with E-state index in [4.69, 9.17) is 0 Å². The summed E-state index contributed by atoms with van der Waals surface area (Å²) < 4.78 is 0. The van der Waals surface area contributed by atoms with E-state index in [9.17, 15) is 14.4 Å². The summed E-state index contributed by atoms with van der Waals surface area (Å²) in [4.78, 5) is 41.2. The highest BCUT2D eigenvalue weighted by Gasteiger charge is 2.37. The van der Waals surface area contributed by atoms with Crippen molar-refractivity contribution in [1.29, 1.82) is 0 Å². The first-order valence-electron chi connectivity index (χ1n) is 13.0. The molecule has 0 spiro atoms. The van der Waals surface area contributed by atoms with E-state index in [0.29, 0.717) is 25.9 Å². The third-order valence-corrected chi connectivity index (χ3v) is 6.96. The van der Waals surface area contributed by atoms with Crippen LogP contribution < -0.4 is 16.0 Å². The first-order chi connectivity index (χ1) is 17.0. The van der Waals surface area contributed by atoms with Crippen LogP contribution in [-0.2, 0) is 20.8 Å². The Morgan fingerprint density at radius 3 is 2.44 bits per heavy atom. The monoisotopic (exact) mass is 516 g/mol. The maximum Gasteiger partial charge on any atom is 0.243 e. The number of carbonyl (C=O) groups is 3. The van der Waals surface area contributed by atoms with Crippen LogP contribution in [0, 0.1) is 5.92 Å². The molecule has 2 aromatic rings. The first-order valence-corrected chi connectivity index (χ1v) is 13.0. The highest BCUT2D eigenvalue weighted by Crippen LogP contribution is 2.23. The van der Waals surface area contributed by atoms with Gasteiger partial charge in [0.15, 0.2) is 0 Å². The molecule has 0 aromatic heterocycles. The third kappa shape index (κ3) is 7.68. The van der Waals surface area contributed by atoms with Gasteiger partial charge in [-0.15, -0.1) is 12.4 Å². The lowest BCUT2D eigenvalue weighted by atomic mass is 10.00. The van der Waals surface area contributed by atoms with Crippen LogP contribution in [-0.4, -0.2) is 61.4 Å². The summed E-state index contributed by atoms with van der Waals surface area (Å²) in [5.41, 5.74) is 0.982. The fraction of sp³-hybridized carbons (Fsp3) is 0.536. The Labute approximate surface area is 221 Å². The summed E-state index contributed by atoms with van der Waals surface area (Å²) >= 11 is 0. The molecule has 8 heteroatoms. The smallest absolute Gasteiger partial charge is 0.243 e. The number of fused-ring (bicyclic) bond motifs is 1. The molecule has 3 N–H and O–H groups in total. The van der Waals surface area contributed by atoms with Crippen LogP contribution in [0.3, 0.4) is 0 Å². The Balaban J connectivity index is 0.00000456. The zero-order chi connectivity index (χ0) is 25.2. The normalized spacial score (nSPS) is 16.0. The van der Waals surface area contributed by atoms with E-state index in [1.54, 1.807) is 4.90 Å². The summed E-state index contributed by atoms with van der Waals surface area (Å²) in [7, 11) is 1.88. The fourth-order valence-corrected chi connectivity index (χ4v) is 4.85. The number of rotatable bonds is 12. The standard InChI is InChI=1S/C28H40N4O3.ClH/c1-4-21(5-2)28(35)32-17-8-12-25(32)27(34)31-24(26(33)30-16-9-15-29-3)19-20-13-14-22-10-6-7-11-23(22)18-20;/h6-7,10-11,13-14,18,21,24-25,29H,4-5,8-9,12,15-17,19H2,1-3H3,(H,30,33)(H,31,34);1H/t24-,25+;/m1./s1. The molecule has 3 rings (SSSR count). The highest BCUT2D eigenvalue weighted by molar-refractivity contribution is 5.93. The third-order valence-electron chi connectivity index (χ3n) is 6.96. The molecule has 36 heavy (non-hydrogen) atoms. The van der Waals surface area contributed by atoms with Crippen molar-refractivity contribution < 1.29 is 14.4 Å². The average Bonchev–Trinajstić information content (AvgIpc) is 3.37. The van der Waals surface area contributed by atoms with E-state index < -0.39 is 12.1 Å². The lowest BCUT2D eigenvalue weighted by Crippen LogP contribution is -2.54. The molecule has 0 bridgehead atoms. The van der Waals surface area contributed by atoms with Crippen molar-refractivity contribution >= 4 is 40.9 Å². The molecule has 7 nitrogen and oxygen atoms in total. The molecule has 0 unspecified atom stereocenters. The zero-order valence-electron chi connectivity index (χ0n) is 21.7. The Hall–Kier alpha value is -2.64. The van der Waals surface area contributed by atoms with Crippen LogP contribution >= 0.6 is 12.4 Å². The van der Waals surface area contributed by atoms with Gasteiger partial charge in [0.05, 0.1) is 0 Å². The minimum Gasteiger partial charge on any atom is -0.354 e. The van der Waals surface area contributed by atoms with Crippen LogP contribution in [0.25, 0.3) is 10.8 Å². The molecular formula is C28H41ClN4O3. The van der Waals surface area contributed by atoms with Gasteiger partial charge < -0.3 is 20.9 Å². The van der Waals surface area contributed by atoms with Crippen LogP contribution in [0.15, 0.2) is 42.5 Å². The number of hydrogen-bond donors (Lipinski definition) is 3. The molecule has 1 fully saturated rings. The molecule has 0 radical (unpaired) electrons. The maximum atomic E-state index is 13.4. The molecule has 0 aliphatic carbocycles. The second kappa shape index (κ2) is 14.8. The molecule has 2 aromatic carbocycles. The second-order valence-electron chi connectivity index (χ2n) is 9.40. The molecule has 1 aliphatic rings. The number of halogens is 1. The van der Waals surface area contributed by atoms with Gasteiger partial charge in [-0.2, -0.15) is 0 Å². The number of hydrogen-bond acceptors (Lipinski definition) is 4. The number of benzene rings is 2. The summed E-state index contributed by atoms with van der Waals surface area (Å²) in [6.07, 6.45) is 4.15. The van der Waals surface area contributed by atoms with Gasteiger partial charge in [-0.25, -0.2) is 0 Å². The van der Waals surface area contributed by atoms with Gasteiger partial charge >= 0.3 is 0 Å². The van der Waals surface area contributed by atoms with Gasteiger partial charge in [-0.3, -0.25) is 14.4 Å². The van der Waals surface area contributed by atoms with Crippen LogP contribution in [0.1, 0.15) is 51.5 Å².